The van der Waals surface area contributed by atoms with Gasteiger partial charge in [-0.05, 0) is 18.1 Å². The Bertz CT molecular complexity index is 507. The van der Waals surface area contributed by atoms with E-state index in [1.807, 2.05) is 16.8 Å². The molecule has 2 N–H and O–H groups in total. The summed E-state index contributed by atoms with van der Waals surface area (Å²) in [6.45, 7) is 2.53. The van der Waals surface area contributed by atoms with Gasteiger partial charge in [0.15, 0.2) is 0 Å². The standard InChI is InChI=1S/C12H15ClN4/c1-2-3-11-15-4-5-17(11)12-6-9(7-14)10(13)8-16-12/h4-6,8H,2-3,7,14H2,1H3. The number of hydrogen-bond donors (Lipinski definition) is 1. The molecule has 0 aliphatic rings. The van der Waals surface area contributed by atoms with Crippen LogP contribution in [-0.4, -0.2) is 14.5 Å². The van der Waals surface area contributed by atoms with Crippen LogP contribution >= 0.6 is 11.6 Å². The molecule has 5 heteroatoms. The normalized spacial score (nSPS) is 10.8. The summed E-state index contributed by atoms with van der Waals surface area (Å²) in [4.78, 5) is 8.63. The number of aromatic nitrogens is 3. The number of nitrogens with zero attached hydrogens (tertiary/aromatic N) is 3. The van der Waals surface area contributed by atoms with Gasteiger partial charge < -0.3 is 5.73 Å². The lowest BCUT2D eigenvalue weighted by molar-refractivity contribution is 0.796. The van der Waals surface area contributed by atoms with Gasteiger partial charge in [0.1, 0.15) is 11.6 Å². The number of hydrogen-bond acceptors (Lipinski definition) is 3. The summed E-state index contributed by atoms with van der Waals surface area (Å²) in [7, 11) is 0. The molecule has 0 atom stereocenters. The summed E-state index contributed by atoms with van der Waals surface area (Å²) >= 11 is 5.99. The first-order valence-corrected chi connectivity index (χ1v) is 6.01. The summed E-state index contributed by atoms with van der Waals surface area (Å²) in [5, 5.41) is 0.605. The lowest BCUT2D eigenvalue weighted by Crippen LogP contribution is -2.05. The third-order valence-electron chi connectivity index (χ3n) is 2.58. The zero-order valence-electron chi connectivity index (χ0n) is 9.73. The molecule has 0 saturated carbocycles. The van der Waals surface area contributed by atoms with E-state index in [-0.39, 0.29) is 0 Å². The predicted molar refractivity (Wildman–Crippen MR) is 68.3 cm³/mol. The molecule has 4 nitrogen and oxygen atoms in total. The Morgan fingerprint density at radius 3 is 2.94 bits per heavy atom. The first-order chi connectivity index (χ1) is 8.26. The molecule has 2 rings (SSSR count). The summed E-state index contributed by atoms with van der Waals surface area (Å²) in [6, 6.07) is 1.91. The van der Waals surface area contributed by atoms with Crippen molar-refractivity contribution in [3.63, 3.8) is 0 Å². The third kappa shape index (κ3) is 2.48. The Hall–Kier alpha value is -1.39. The van der Waals surface area contributed by atoms with Gasteiger partial charge in [-0.15, -0.1) is 0 Å². The van der Waals surface area contributed by atoms with E-state index in [2.05, 4.69) is 16.9 Å². The second kappa shape index (κ2) is 5.29. The van der Waals surface area contributed by atoms with Gasteiger partial charge in [0.2, 0.25) is 0 Å². The highest BCUT2D eigenvalue weighted by Crippen LogP contribution is 2.18. The summed E-state index contributed by atoms with van der Waals surface area (Å²) in [6.07, 6.45) is 7.29. The van der Waals surface area contributed by atoms with Crippen LogP contribution in [0.4, 0.5) is 0 Å². The second-order valence-electron chi connectivity index (χ2n) is 3.80. The molecule has 0 spiro atoms. The monoisotopic (exact) mass is 250 g/mol. The quantitative estimate of drug-likeness (QED) is 0.906. The van der Waals surface area contributed by atoms with Gasteiger partial charge in [-0.2, -0.15) is 0 Å². The van der Waals surface area contributed by atoms with Crippen LogP contribution in [0.1, 0.15) is 24.7 Å². The maximum Gasteiger partial charge on any atom is 0.138 e. The van der Waals surface area contributed by atoms with Crippen molar-refractivity contribution in [2.24, 2.45) is 5.73 Å². The molecule has 2 heterocycles. The Morgan fingerprint density at radius 1 is 1.41 bits per heavy atom. The van der Waals surface area contributed by atoms with Crippen molar-refractivity contribution in [2.75, 3.05) is 0 Å². The van der Waals surface area contributed by atoms with Crippen LogP contribution in [0.3, 0.4) is 0 Å². The van der Waals surface area contributed by atoms with E-state index < -0.39 is 0 Å². The summed E-state index contributed by atoms with van der Waals surface area (Å²) in [5.41, 5.74) is 6.53. The molecule has 17 heavy (non-hydrogen) atoms. The molecule has 0 amide bonds. The predicted octanol–water partition coefficient (Wildman–Crippen LogP) is 2.33. The minimum atomic E-state index is 0.409. The van der Waals surface area contributed by atoms with Gasteiger partial charge in [0.05, 0.1) is 5.02 Å². The Balaban J connectivity index is 2.42. The van der Waals surface area contributed by atoms with Crippen molar-refractivity contribution in [3.05, 3.63) is 41.1 Å². The van der Waals surface area contributed by atoms with Crippen molar-refractivity contribution in [1.82, 2.24) is 14.5 Å². The lowest BCUT2D eigenvalue weighted by Gasteiger charge is -2.08. The minimum Gasteiger partial charge on any atom is -0.326 e. The topological polar surface area (TPSA) is 56.7 Å². The molecule has 0 aromatic carbocycles. The second-order valence-corrected chi connectivity index (χ2v) is 4.21. The first kappa shape index (κ1) is 12.1. The molecular formula is C12H15ClN4. The van der Waals surface area contributed by atoms with Crippen molar-refractivity contribution in [1.29, 1.82) is 0 Å². The van der Waals surface area contributed by atoms with Crippen molar-refractivity contribution < 1.29 is 0 Å². The number of aryl methyl sites for hydroxylation is 1. The molecule has 90 valence electrons. The van der Waals surface area contributed by atoms with Crippen LogP contribution in [0.2, 0.25) is 5.02 Å². The number of rotatable bonds is 4. The van der Waals surface area contributed by atoms with Gasteiger partial charge in [-0.1, -0.05) is 18.5 Å². The fourth-order valence-electron chi connectivity index (χ4n) is 1.71. The average Bonchev–Trinajstić information content (AvgIpc) is 2.78. The van der Waals surface area contributed by atoms with Crippen LogP contribution < -0.4 is 5.73 Å². The Labute approximate surface area is 105 Å². The maximum absolute atomic E-state index is 5.99. The fourth-order valence-corrected chi connectivity index (χ4v) is 1.89. The largest absolute Gasteiger partial charge is 0.326 e. The molecule has 2 aromatic rings. The summed E-state index contributed by atoms with van der Waals surface area (Å²) < 4.78 is 1.97. The van der Waals surface area contributed by atoms with E-state index in [0.29, 0.717) is 11.6 Å². The average molecular weight is 251 g/mol. The zero-order chi connectivity index (χ0) is 12.3. The molecule has 0 radical (unpaired) electrons. The molecule has 0 fully saturated rings. The fraction of sp³-hybridized carbons (Fsp3) is 0.333. The summed E-state index contributed by atoms with van der Waals surface area (Å²) in [5.74, 6) is 1.82. The van der Waals surface area contributed by atoms with Crippen molar-refractivity contribution in [2.45, 2.75) is 26.3 Å². The molecular weight excluding hydrogens is 236 g/mol. The molecule has 0 saturated heterocycles. The molecule has 2 aromatic heterocycles. The van der Waals surface area contributed by atoms with Crippen molar-refractivity contribution in [3.8, 4) is 5.82 Å². The first-order valence-electron chi connectivity index (χ1n) is 5.63. The number of pyridine rings is 1. The molecule has 0 bridgehead atoms. The van der Waals surface area contributed by atoms with Crippen LogP contribution in [0.25, 0.3) is 5.82 Å². The molecule has 0 aliphatic heterocycles. The smallest absolute Gasteiger partial charge is 0.138 e. The highest BCUT2D eigenvalue weighted by Gasteiger charge is 2.07. The van der Waals surface area contributed by atoms with E-state index >= 15 is 0 Å². The number of halogens is 1. The Kier molecular flexibility index (Phi) is 3.76. The van der Waals surface area contributed by atoms with Gasteiger partial charge >= 0.3 is 0 Å². The minimum absolute atomic E-state index is 0.409. The van der Waals surface area contributed by atoms with Gasteiger partial charge in [0.25, 0.3) is 0 Å². The van der Waals surface area contributed by atoms with Crippen molar-refractivity contribution >= 4 is 11.6 Å². The molecule has 0 aliphatic carbocycles. The number of nitrogens with two attached hydrogens (primary N) is 1. The van der Waals surface area contributed by atoms with E-state index in [1.165, 1.54) is 0 Å². The van der Waals surface area contributed by atoms with Gasteiger partial charge in [0, 0.05) is 31.6 Å². The van der Waals surface area contributed by atoms with E-state index in [9.17, 15) is 0 Å². The van der Waals surface area contributed by atoms with Crippen LogP contribution in [0.15, 0.2) is 24.7 Å². The van der Waals surface area contributed by atoms with E-state index in [4.69, 9.17) is 17.3 Å². The van der Waals surface area contributed by atoms with E-state index in [1.54, 1.807) is 12.4 Å². The maximum atomic E-state index is 5.99. The van der Waals surface area contributed by atoms with E-state index in [0.717, 1.165) is 30.0 Å². The van der Waals surface area contributed by atoms with Crippen LogP contribution in [0.5, 0.6) is 0 Å². The lowest BCUT2D eigenvalue weighted by atomic mass is 10.2. The highest BCUT2D eigenvalue weighted by atomic mass is 35.5. The highest BCUT2D eigenvalue weighted by molar-refractivity contribution is 6.31. The zero-order valence-corrected chi connectivity index (χ0v) is 10.5. The third-order valence-corrected chi connectivity index (χ3v) is 2.92. The van der Waals surface area contributed by atoms with Crippen LogP contribution in [-0.2, 0) is 13.0 Å². The SMILES string of the molecule is CCCc1nccn1-c1cc(CN)c(Cl)cn1. The molecule has 0 unspecified atom stereocenters. The Morgan fingerprint density at radius 2 is 2.24 bits per heavy atom. The van der Waals surface area contributed by atoms with Gasteiger partial charge in [-0.3, -0.25) is 4.57 Å². The number of imidazole rings is 1. The van der Waals surface area contributed by atoms with Crippen LogP contribution in [0, 0.1) is 0 Å². The van der Waals surface area contributed by atoms with Gasteiger partial charge in [-0.25, -0.2) is 9.97 Å².